The molecule has 0 bridgehead atoms. The van der Waals surface area contributed by atoms with Gasteiger partial charge in [0, 0.05) is 55.7 Å². The third-order valence-electron chi connectivity index (χ3n) is 14.6. The van der Waals surface area contributed by atoms with Gasteiger partial charge in [-0.2, -0.15) is 0 Å². The van der Waals surface area contributed by atoms with Crippen molar-refractivity contribution in [1.82, 2.24) is 0 Å². The van der Waals surface area contributed by atoms with Crippen LogP contribution in [0.4, 0.5) is 34.1 Å². The largest absolute Gasteiger partial charge is 0.456 e. The van der Waals surface area contributed by atoms with Gasteiger partial charge in [-0.05, 0) is 175 Å². The topological polar surface area (TPSA) is 32.8 Å². The zero-order chi connectivity index (χ0) is 78.9. The molecule has 0 atom stereocenters. The molecule has 0 radical (unpaired) electrons. The van der Waals surface area contributed by atoms with Crippen LogP contribution < -0.4 is 9.80 Å². The van der Waals surface area contributed by atoms with Gasteiger partial charge in [0.15, 0.2) is 0 Å². The monoisotopic (exact) mass is 1130 g/mol. The molecule has 0 saturated heterocycles. The molecule has 0 spiro atoms. The molecule has 0 aliphatic carbocycles. The highest BCUT2D eigenvalue weighted by Gasteiger charge is 2.17. The van der Waals surface area contributed by atoms with Gasteiger partial charge in [0.05, 0.1) is 34.3 Å². The van der Waals surface area contributed by atoms with Gasteiger partial charge >= 0.3 is 0 Å². The number of hydrogen-bond acceptors (Lipinski definition) is 4. The molecule has 0 aliphatic heterocycles. The highest BCUT2D eigenvalue weighted by atomic mass is 16.3. The van der Waals surface area contributed by atoms with E-state index in [4.69, 9.17) is 43.1 Å². The highest BCUT2D eigenvalue weighted by molar-refractivity contribution is 6.07. The molecule has 0 saturated carbocycles. The van der Waals surface area contributed by atoms with E-state index >= 15 is 0 Å². The first-order chi connectivity index (χ1) is 53.0. The number of hydrogen-bond donors (Lipinski definition) is 0. The molecule has 0 N–H and O–H groups in total. The van der Waals surface area contributed by atoms with Crippen LogP contribution in [0.3, 0.4) is 0 Å². The molecular weight excluding hydrogens is 1040 g/mol. The van der Waals surface area contributed by atoms with Gasteiger partial charge in [0.1, 0.15) is 22.3 Å². The maximum Gasteiger partial charge on any atom is 0.136 e. The summed E-state index contributed by atoms with van der Waals surface area (Å²) in [6.45, 7) is 0. The predicted molar refractivity (Wildman–Crippen MR) is 361 cm³/mol. The number of rotatable bonds is 11. The molecule has 16 rings (SSSR count). The van der Waals surface area contributed by atoms with Crippen molar-refractivity contribution in [3.63, 3.8) is 0 Å². The minimum atomic E-state index is -1.02. The van der Waals surface area contributed by atoms with Crippen LogP contribution in [-0.4, -0.2) is 0 Å². The summed E-state index contributed by atoms with van der Waals surface area (Å²) < 4.78 is 228. The van der Waals surface area contributed by atoms with E-state index in [0.29, 0.717) is 21.6 Å². The van der Waals surface area contributed by atoms with E-state index in [1.54, 1.807) is 42.5 Å². The van der Waals surface area contributed by atoms with E-state index in [-0.39, 0.29) is 39.5 Å². The second kappa shape index (κ2) is 22.7. The van der Waals surface area contributed by atoms with Gasteiger partial charge in [-0.3, -0.25) is 0 Å². The van der Waals surface area contributed by atoms with Crippen LogP contribution in [0.15, 0.2) is 348 Å². The fourth-order valence-electron chi connectivity index (χ4n) is 10.5. The summed E-state index contributed by atoms with van der Waals surface area (Å²) in [6, 6.07) is 42.3. The van der Waals surface area contributed by atoms with Crippen molar-refractivity contribution in [2.24, 2.45) is 0 Å². The Morgan fingerprint density at radius 1 is 0.221 bits per heavy atom. The Bertz CT molecular complexity index is 6410. The van der Waals surface area contributed by atoms with Crippen LogP contribution in [-0.2, 0) is 0 Å². The minimum absolute atomic E-state index is 0.0623. The number of benzene rings is 14. The van der Waals surface area contributed by atoms with E-state index in [0.717, 1.165) is 72.0 Å². The van der Waals surface area contributed by atoms with Crippen LogP contribution in [0, 0.1) is 0 Å². The normalized spacial score (nSPS) is 15.3. The molecule has 4 heteroatoms. The van der Waals surface area contributed by atoms with Crippen molar-refractivity contribution < 1.29 is 43.1 Å². The lowest BCUT2D eigenvalue weighted by Crippen LogP contribution is -2.10. The maximum atomic E-state index is 9.12. The number of nitrogens with zero attached hydrogens (tertiary/aromatic N) is 2. The summed E-state index contributed by atoms with van der Waals surface area (Å²) >= 11 is 0. The van der Waals surface area contributed by atoms with Gasteiger partial charge in [-0.1, -0.05) is 230 Å². The standard InChI is InChI=1S/C46H31NO.C36H25NO/c1-2-10-32(11-3-1)33-20-25-38(26-21-33)47(39-27-22-35(23-28-39)42-18-9-13-34-12-4-5-16-41(34)42)40-15-8-14-36(30-40)37-24-29-44-43-17-6-7-19-45(43)48-46(44)31-37;1-3-9-30(10-4-1)37(31-11-5-2-6-12-31)32-22-19-27(20-23-32)26-15-17-28(18-16-26)29-21-24-34-33-13-7-8-14-35(33)38-36(34)25-29/h1-31H;1-25H/i4D,5D,9D,12D,13D,16D,18D;1D,2D,3D,4D,5D,6D,9D,10D,11D,12D,15D,16D,17D,18D,19D,20D,22D,23D. The quantitative estimate of drug-likeness (QED) is 0.129. The Labute approximate surface area is 535 Å². The van der Waals surface area contributed by atoms with Gasteiger partial charge in [0.25, 0.3) is 0 Å². The van der Waals surface area contributed by atoms with E-state index in [2.05, 4.69) is 77.7 Å². The summed E-state index contributed by atoms with van der Waals surface area (Å²) in [5, 5.41) is 3.71. The van der Waals surface area contributed by atoms with Gasteiger partial charge in [0.2, 0.25) is 0 Å². The van der Waals surface area contributed by atoms with Crippen molar-refractivity contribution in [1.29, 1.82) is 0 Å². The van der Waals surface area contributed by atoms with Crippen LogP contribution in [0.2, 0.25) is 0 Å². The van der Waals surface area contributed by atoms with Gasteiger partial charge in [-0.15, -0.1) is 0 Å². The third-order valence-corrected chi connectivity index (χ3v) is 14.6. The summed E-state index contributed by atoms with van der Waals surface area (Å²) in [7, 11) is 0. The lowest BCUT2D eigenvalue weighted by atomic mass is 9.98. The smallest absolute Gasteiger partial charge is 0.136 e. The number of para-hydroxylation sites is 4. The van der Waals surface area contributed by atoms with Crippen molar-refractivity contribution in [3.8, 4) is 55.6 Å². The lowest BCUT2D eigenvalue weighted by Gasteiger charge is -2.26. The Morgan fingerprint density at radius 2 is 0.640 bits per heavy atom. The van der Waals surface area contributed by atoms with Crippen molar-refractivity contribution in [3.05, 3.63) is 339 Å². The fraction of sp³-hybridized carbons (Fsp3) is 0. The van der Waals surface area contributed by atoms with E-state index < -0.39 is 167 Å². The van der Waals surface area contributed by atoms with Crippen LogP contribution in [0.5, 0.6) is 0 Å². The zero-order valence-corrected chi connectivity index (χ0v) is 45.1. The Kier molecular flexibility index (Phi) is 8.26. The second-order valence-electron chi connectivity index (χ2n) is 19.7. The first-order valence-electron chi connectivity index (χ1n) is 39.7. The summed E-state index contributed by atoms with van der Waals surface area (Å²) in [5.74, 6) is 0. The van der Waals surface area contributed by atoms with Crippen molar-refractivity contribution in [2.45, 2.75) is 0 Å². The molecule has 86 heavy (non-hydrogen) atoms. The molecule has 406 valence electrons. The first-order valence-corrected chi connectivity index (χ1v) is 27.2. The molecule has 2 heterocycles. The van der Waals surface area contributed by atoms with Crippen LogP contribution in [0.25, 0.3) is 110 Å². The number of furan rings is 2. The second-order valence-corrected chi connectivity index (χ2v) is 19.7. The molecule has 0 amide bonds. The van der Waals surface area contributed by atoms with Crippen LogP contribution in [0.1, 0.15) is 34.3 Å². The third kappa shape index (κ3) is 10.1. The zero-order valence-electron chi connectivity index (χ0n) is 70.1. The minimum Gasteiger partial charge on any atom is -0.456 e. The molecule has 2 aromatic heterocycles. The van der Waals surface area contributed by atoms with E-state index in [9.17, 15) is 0 Å². The highest BCUT2D eigenvalue weighted by Crippen LogP contribution is 2.42. The Balaban J connectivity index is 0.000000176. The Hall–Kier alpha value is -11.5. The van der Waals surface area contributed by atoms with E-state index in [1.165, 1.54) is 0 Å². The average Bonchev–Trinajstić information content (AvgIpc) is 1.12. The average molecular weight is 1130 g/mol. The van der Waals surface area contributed by atoms with Crippen LogP contribution >= 0.6 is 0 Å². The van der Waals surface area contributed by atoms with Gasteiger partial charge < -0.3 is 18.6 Å². The molecule has 0 aliphatic rings. The predicted octanol–water partition coefficient (Wildman–Crippen LogP) is 23.6. The maximum absolute atomic E-state index is 9.12. The SMILES string of the molecule is [2H]c1c([2H])c([2H])c(N(c2c([2H])c([2H])c([2H])c([2H])c2[2H])c2c([2H])c([2H])c(-c3c([2H])c([2H])c(-c4ccc5c(c4)oc4ccccc45)c([2H])c3[2H])c([2H])c2[2H])c([2H])c1[2H].[2H]c1c([2H])c([2H])c2c(-c3ccc(N(c4ccc(-c5ccccc5)cc4)c4cccc(-c5ccc6c(c5)oc5ccccc56)c4)cc3)c([2H])c([2H])c([2H])c2c1[2H]. The first kappa shape index (κ1) is 31.3. The lowest BCUT2D eigenvalue weighted by molar-refractivity contribution is 0.668. The molecule has 16 aromatic rings. The van der Waals surface area contributed by atoms with Crippen molar-refractivity contribution >= 4 is 88.8 Å². The summed E-state index contributed by atoms with van der Waals surface area (Å²) in [5.41, 5.74) is 6.45. The fourth-order valence-corrected chi connectivity index (χ4v) is 10.5. The molecular formula is C82H56N2O2. The van der Waals surface area contributed by atoms with Crippen molar-refractivity contribution in [2.75, 3.05) is 9.80 Å². The molecule has 4 nitrogen and oxygen atoms in total. The summed E-state index contributed by atoms with van der Waals surface area (Å²) in [4.78, 5) is 2.63. The summed E-state index contributed by atoms with van der Waals surface area (Å²) in [6.07, 6.45) is 0. The number of anilines is 6. The molecule has 0 fully saturated rings. The van der Waals surface area contributed by atoms with Gasteiger partial charge in [-0.25, -0.2) is 0 Å². The molecule has 14 aromatic carbocycles. The van der Waals surface area contributed by atoms with E-state index in [1.807, 2.05) is 72.8 Å². The molecule has 0 unspecified atom stereocenters. The Morgan fingerprint density at radius 3 is 1.24 bits per heavy atom. The number of fused-ring (bicyclic) bond motifs is 7.